The smallest absolute Gasteiger partial charge is 0.183 e. The van der Waals surface area contributed by atoms with Crippen LogP contribution in [0, 0.1) is 17.1 Å². The van der Waals surface area contributed by atoms with Crippen molar-refractivity contribution in [2.24, 2.45) is 0 Å². The molecule has 1 N–H and O–H groups in total. The molecule has 6 heteroatoms. The zero-order chi connectivity index (χ0) is 12.3. The van der Waals surface area contributed by atoms with Crippen molar-refractivity contribution in [1.82, 2.24) is 9.97 Å². The number of nitrogens with zero attached hydrogens (tertiary/aromatic N) is 3. The van der Waals surface area contributed by atoms with Crippen LogP contribution in [0.3, 0.4) is 0 Å². The van der Waals surface area contributed by atoms with E-state index >= 15 is 0 Å². The Kier molecular flexibility index (Phi) is 3.17. The van der Waals surface area contributed by atoms with Gasteiger partial charge in [0.05, 0.1) is 5.02 Å². The highest BCUT2D eigenvalue weighted by Crippen LogP contribution is 2.22. The summed E-state index contributed by atoms with van der Waals surface area (Å²) in [5.74, 6) is -0.199. The van der Waals surface area contributed by atoms with Crippen molar-refractivity contribution in [3.8, 4) is 6.07 Å². The minimum Gasteiger partial charge on any atom is -0.338 e. The van der Waals surface area contributed by atoms with Gasteiger partial charge >= 0.3 is 0 Å². The van der Waals surface area contributed by atoms with E-state index in [-0.39, 0.29) is 10.7 Å². The molecule has 0 aliphatic carbocycles. The van der Waals surface area contributed by atoms with Crippen LogP contribution in [-0.2, 0) is 0 Å². The quantitative estimate of drug-likeness (QED) is 0.888. The molecule has 0 spiro atoms. The minimum absolute atomic E-state index is 0.00241. The van der Waals surface area contributed by atoms with Crippen LogP contribution >= 0.6 is 11.6 Å². The lowest BCUT2D eigenvalue weighted by Crippen LogP contribution is -1.98. The molecular formula is C11H6ClFN4. The first-order valence-corrected chi connectivity index (χ1v) is 5.01. The highest BCUT2D eigenvalue weighted by Gasteiger charge is 2.06. The molecule has 0 saturated carbocycles. The summed E-state index contributed by atoms with van der Waals surface area (Å²) >= 11 is 5.64. The predicted octanol–water partition coefficient (Wildman–Crippen LogP) is 2.88. The van der Waals surface area contributed by atoms with Gasteiger partial charge in [0, 0.05) is 18.1 Å². The van der Waals surface area contributed by atoms with Gasteiger partial charge in [0.25, 0.3) is 0 Å². The summed E-state index contributed by atoms with van der Waals surface area (Å²) in [6, 6.07) is 6.03. The Morgan fingerprint density at radius 2 is 2.06 bits per heavy atom. The summed E-state index contributed by atoms with van der Waals surface area (Å²) in [6.45, 7) is 0. The molecular weight excluding hydrogens is 243 g/mol. The van der Waals surface area contributed by atoms with Gasteiger partial charge in [-0.05, 0) is 18.2 Å². The highest BCUT2D eigenvalue weighted by atomic mass is 35.5. The monoisotopic (exact) mass is 248 g/mol. The molecule has 1 aromatic heterocycles. The van der Waals surface area contributed by atoms with Gasteiger partial charge < -0.3 is 5.32 Å². The second kappa shape index (κ2) is 4.76. The molecule has 4 nitrogen and oxygen atoms in total. The number of halogens is 2. The first-order valence-electron chi connectivity index (χ1n) is 4.64. The lowest BCUT2D eigenvalue weighted by Gasteiger charge is -2.06. The van der Waals surface area contributed by atoms with E-state index in [0.29, 0.717) is 11.5 Å². The summed E-state index contributed by atoms with van der Waals surface area (Å²) < 4.78 is 12.9. The van der Waals surface area contributed by atoms with Crippen molar-refractivity contribution < 1.29 is 4.39 Å². The van der Waals surface area contributed by atoms with E-state index in [1.807, 2.05) is 6.07 Å². The van der Waals surface area contributed by atoms with Crippen molar-refractivity contribution in [2.75, 3.05) is 5.32 Å². The van der Waals surface area contributed by atoms with Crippen LogP contribution in [0.4, 0.5) is 15.9 Å². The molecule has 84 valence electrons. The Labute approximate surface area is 102 Å². The van der Waals surface area contributed by atoms with E-state index in [2.05, 4.69) is 15.3 Å². The third kappa shape index (κ3) is 2.49. The van der Waals surface area contributed by atoms with Gasteiger partial charge in [-0.3, -0.25) is 0 Å². The highest BCUT2D eigenvalue weighted by molar-refractivity contribution is 6.31. The Balaban J connectivity index is 2.32. The van der Waals surface area contributed by atoms with Crippen LogP contribution < -0.4 is 5.32 Å². The molecule has 1 aromatic carbocycles. The molecule has 0 amide bonds. The summed E-state index contributed by atoms with van der Waals surface area (Å²) in [5, 5.41) is 11.7. The van der Waals surface area contributed by atoms with Gasteiger partial charge in [-0.15, -0.1) is 0 Å². The molecule has 0 radical (unpaired) electrons. The maximum atomic E-state index is 12.9. The molecule has 2 aromatic rings. The Morgan fingerprint density at radius 3 is 2.76 bits per heavy atom. The van der Waals surface area contributed by atoms with E-state index in [1.54, 1.807) is 0 Å². The van der Waals surface area contributed by atoms with Gasteiger partial charge in [0.2, 0.25) is 0 Å². The Bertz CT molecular complexity index is 594. The van der Waals surface area contributed by atoms with Crippen molar-refractivity contribution >= 4 is 23.1 Å². The molecule has 0 saturated heterocycles. The van der Waals surface area contributed by atoms with Crippen molar-refractivity contribution in [2.45, 2.75) is 0 Å². The zero-order valence-corrected chi connectivity index (χ0v) is 9.24. The lowest BCUT2D eigenvalue weighted by atomic mass is 10.3. The number of rotatable bonds is 2. The number of hydrogen-bond donors (Lipinski definition) is 1. The summed E-state index contributed by atoms with van der Waals surface area (Å²) in [5.41, 5.74) is 0.696. The average Bonchev–Trinajstić information content (AvgIpc) is 2.34. The van der Waals surface area contributed by atoms with Crippen molar-refractivity contribution in [3.05, 3.63) is 47.1 Å². The first kappa shape index (κ1) is 11.3. The van der Waals surface area contributed by atoms with Gasteiger partial charge in [-0.2, -0.15) is 5.26 Å². The van der Waals surface area contributed by atoms with E-state index in [9.17, 15) is 4.39 Å². The Hall–Kier alpha value is -2.19. The number of aromatic nitrogens is 2. The largest absolute Gasteiger partial charge is 0.338 e. The molecule has 0 atom stereocenters. The SMILES string of the molecule is N#Cc1nccnc1Nc1ccc(F)c(Cl)c1. The molecule has 1 heterocycles. The van der Waals surface area contributed by atoms with Crippen molar-refractivity contribution in [3.63, 3.8) is 0 Å². The second-order valence-electron chi connectivity index (χ2n) is 3.12. The number of hydrogen-bond acceptors (Lipinski definition) is 4. The molecule has 0 bridgehead atoms. The number of nitriles is 1. The van der Waals surface area contributed by atoms with Gasteiger partial charge in [0.1, 0.15) is 11.9 Å². The van der Waals surface area contributed by atoms with Crippen molar-refractivity contribution in [1.29, 1.82) is 5.26 Å². The fraction of sp³-hybridized carbons (Fsp3) is 0. The molecule has 0 unspecified atom stereocenters. The van der Waals surface area contributed by atoms with Crippen LogP contribution in [0.5, 0.6) is 0 Å². The van der Waals surface area contributed by atoms with Crippen LogP contribution in [0.1, 0.15) is 5.69 Å². The van der Waals surface area contributed by atoms with E-state index in [1.165, 1.54) is 30.6 Å². The summed E-state index contributed by atoms with van der Waals surface area (Å²) in [6.07, 6.45) is 2.87. The fourth-order valence-corrected chi connectivity index (χ4v) is 1.40. The van der Waals surface area contributed by atoms with E-state index < -0.39 is 5.82 Å². The molecule has 17 heavy (non-hydrogen) atoms. The average molecular weight is 249 g/mol. The third-order valence-electron chi connectivity index (χ3n) is 1.99. The second-order valence-corrected chi connectivity index (χ2v) is 3.53. The van der Waals surface area contributed by atoms with Crippen LogP contribution in [0.25, 0.3) is 0 Å². The topological polar surface area (TPSA) is 61.6 Å². The fourth-order valence-electron chi connectivity index (χ4n) is 1.22. The summed E-state index contributed by atoms with van der Waals surface area (Å²) in [7, 11) is 0. The summed E-state index contributed by atoms with van der Waals surface area (Å²) in [4.78, 5) is 7.80. The number of anilines is 2. The normalized spacial score (nSPS) is 9.71. The van der Waals surface area contributed by atoms with E-state index in [0.717, 1.165) is 0 Å². The Morgan fingerprint density at radius 1 is 1.29 bits per heavy atom. The van der Waals surface area contributed by atoms with Crippen LogP contribution in [0.2, 0.25) is 5.02 Å². The van der Waals surface area contributed by atoms with Gasteiger partial charge in [-0.1, -0.05) is 11.6 Å². The lowest BCUT2D eigenvalue weighted by molar-refractivity contribution is 0.628. The van der Waals surface area contributed by atoms with Crippen LogP contribution in [0.15, 0.2) is 30.6 Å². The minimum atomic E-state index is -0.503. The number of benzene rings is 1. The zero-order valence-electron chi connectivity index (χ0n) is 8.48. The molecule has 0 aliphatic rings. The van der Waals surface area contributed by atoms with Crippen LogP contribution in [-0.4, -0.2) is 9.97 Å². The third-order valence-corrected chi connectivity index (χ3v) is 2.28. The standard InChI is InChI=1S/C11H6ClFN4/c12-8-5-7(1-2-9(8)13)17-11-10(6-14)15-3-4-16-11/h1-5H,(H,16,17). The molecule has 0 fully saturated rings. The molecule has 0 aliphatic heterocycles. The van der Waals surface area contributed by atoms with Gasteiger partial charge in [0.15, 0.2) is 11.5 Å². The maximum Gasteiger partial charge on any atom is 0.183 e. The molecule has 2 rings (SSSR count). The number of nitrogens with one attached hydrogen (secondary N) is 1. The van der Waals surface area contributed by atoms with Gasteiger partial charge in [-0.25, -0.2) is 14.4 Å². The first-order chi connectivity index (χ1) is 8.20. The van der Waals surface area contributed by atoms with E-state index in [4.69, 9.17) is 16.9 Å². The predicted molar refractivity (Wildman–Crippen MR) is 61.4 cm³/mol. The maximum absolute atomic E-state index is 12.9.